The number of carbonyl (C=O) groups is 2. The molecule has 2 fully saturated rings. The van der Waals surface area contributed by atoms with Crippen LogP contribution >= 0.6 is 0 Å². The Kier molecular flexibility index (Phi) is 4.76. The van der Waals surface area contributed by atoms with E-state index in [1.807, 2.05) is 0 Å². The molecule has 2 heterocycles. The fourth-order valence-corrected chi connectivity index (χ4v) is 2.55. The lowest BCUT2D eigenvalue weighted by atomic mass is 9.80. The first kappa shape index (κ1) is 14.3. The minimum atomic E-state index is -0.886. The highest BCUT2D eigenvalue weighted by atomic mass is 16.5. The Morgan fingerprint density at radius 2 is 1.95 bits per heavy atom. The van der Waals surface area contributed by atoms with Gasteiger partial charge in [-0.2, -0.15) is 0 Å². The lowest BCUT2D eigenvalue weighted by Gasteiger charge is -2.33. The maximum absolute atomic E-state index is 11.9. The van der Waals surface area contributed by atoms with E-state index in [0.29, 0.717) is 32.7 Å². The molecule has 6 heteroatoms. The SMILES string of the molecule is O=C(NCC1(C(=O)O)CCOCC1)C1CCCCO1. The van der Waals surface area contributed by atoms with Crippen LogP contribution < -0.4 is 5.32 Å². The Balaban J connectivity index is 1.87. The van der Waals surface area contributed by atoms with Gasteiger partial charge < -0.3 is 19.9 Å². The van der Waals surface area contributed by atoms with Crippen LogP contribution in [0.4, 0.5) is 0 Å². The number of carbonyl (C=O) groups excluding carboxylic acids is 1. The van der Waals surface area contributed by atoms with Crippen LogP contribution in [0.25, 0.3) is 0 Å². The fraction of sp³-hybridized carbons (Fsp3) is 0.846. The van der Waals surface area contributed by atoms with Crippen molar-refractivity contribution < 1.29 is 24.2 Å². The van der Waals surface area contributed by atoms with E-state index in [2.05, 4.69) is 5.32 Å². The van der Waals surface area contributed by atoms with Crippen molar-refractivity contribution >= 4 is 11.9 Å². The highest BCUT2D eigenvalue weighted by Gasteiger charge is 2.40. The highest BCUT2D eigenvalue weighted by molar-refractivity contribution is 5.82. The normalized spacial score (nSPS) is 26.6. The van der Waals surface area contributed by atoms with Crippen LogP contribution in [0.15, 0.2) is 0 Å². The number of hydrogen-bond acceptors (Lipinski definition) is 4. The Morgan fingerprint density at radius 3 is 2.53 bits per heavy atom. The summed E-state index contributed by atoms with van der Waals surface area (Å²) in [4.78, 5) is 23.4. The Bertz CT molecular complexity index is 332. The third kappa shape index (κ3) is 3.45. The molecular weight excluding hydrogens is 250 g/mol. The monoisotopic (exact) mass is 271 g/mol. The smallest absolute Gasteiger partial charge is 0.311 e. The first-order valence-corrected chi connectivity index (χ1v) is 6.84. The van der Waals surface area contributed by atoms with Crippen LogP contribution in [-0.4, -0.2) is 49.5 Å². The van der Waals surface area contributed by atoms with Crippen LogP contribution in [0.1, 0.15) is 32.1 Å². The van der Waals surface area contributed by atoms with Gasteiger partial charge in [-0.05, 0) is 32.1 Å². The lowest BCUT2D eigenvalue weighted by molar-refractivity contribution is -0.155. The van der Waals surface area contributed by atoms with E-state index < -0.39 is 17.5 Å². The molecular formula is C13H21NO5. The maximum atomic E-state index is 11.9. The summed E-state index contributed by atoms with van der Waals surface area (Å²) in [7, 11) is 0. The van der Waals surface area contributed by atoms with Gasteiger partial charge in [-0.25, -0.2) is 0 Å². The van der Waals surface area contributed by atoms with Crippen LogP contribution in [0.5, 0.6) is 0 Å². The molecule has 0 aromatic carbocycles. The minimum absolute atomic E-state index is 0.157. The molecule has 2 N–H and O–H groups in total. The quantitative estimate of drug-likeness (QED) is 0.780. The number of rotatable bonds is 4. The van der Waals surface area contributed by atoms with Crippen molar-refractivity contribution in [1.82, 2.24) is 5.32 Å². The molecule has 19 heavy (non-hydrogen) atoms. The summed E-state index contributed by atoms with van der Waals surface area (Å²) in [5.41, 5.74) is -0.886. The molecule has 0 aliphatic carbocycles. The molecule has 6 nitrogen and oxygen atoms in total. The molecule has 108 valence electrons. The zero-order chi connectivity index (χ0) is 13.7. The summed E-state index contributed by atoms with van der Waals surface area (Å²) in [6, 6.07) is 0. The molecule has 2 saturated heterocycles. The maximum Gasteiger partial charge on any atom is 0.311 e. The van der Waals surface area contributed by atoms with Crippen molar-refractivity contribution in [1.29, 1.82) is 0 Å². The summed E-state index contributed by atoms with van der Waals surface area (Å²) in [5.74, 6) is -1.05. The number of carboxylic acids is 1. The van der Waals surface area contributed by atoms with E-state index in [9.17, 15) is 14.7 Å². The number of amides is 1. The van der Waals surface area contributed by atoms with Gasteiger partial charge in [0, 0.05) is 26.4 Å². The third-order valence-corrected chi connectivity index (χ3v) is 3.98. The van der Waals surface area contributed by atoms with Gasteiger partial charge in [0.05, 0.1) is 5.41 Å². The van der Waals surface area contributed by atoms with E-state index in [4.69, 9.17) is 9.47 Å². The lowest BCUT2D eigenvalue weighted by Crippen LogP contribution is -2.49. The summed E-state index contributed by atoms with van der Waals surface area (Å²) in [6.45, 7) is 1.63. The van der Waals surface area contributed by atoms with E-state index in [0.717, 1.165) is 19.3 Å². The van der Waals surface area contributed by atoms with E-state index in [-0.39, 0.29) is 12.5 Å². The standard InChI is InChI=1S/C13H21NO5/c15-11(10-3-1-2-6-19-10)14-9-13(12(16)17)4-7-18-8-5-13/h10H,1-9H2,(H,14,15)(H,16,17). The fourth-order valence-electron chi connectivity index (χ4n) is 2.55. The number of nitrogens with one attached hydrogen (secondary N) is 1. The zero-order valence-corrected chi connectivity index (χ0v) is 11.0. The second-order valence-electron chi connectivity index (χ2n) is 5.27. The van der Waals surface area contributed by atoms with Crippen LogP contribution in [0.2, 0.25) is 0 Å². The summed E-state index contributed by atoms with van der Waals surface area (Å²) >= 11 is 0. The van der Waals surface area contributed by atoms with Crippen molar-refractivity contribution in [2.24, 2.45) is 5.41 Å². The Morgan fingerprint density at radius 1 is 1.21 bits per heavy atom. The molecule has 0 bridgehead atoms. The molecule has 0 saturated carbocycles. The molecule has 1 atom stereocenters. The van der Waals surface area contributed by atoms with Gasteiger partial charge in [0.25, 0.3) is 0 Å². The number of hydrogen-bond donors (Lipinski definition) is 2. The predicted molar refractivity (Wildman–Crippen MR) is 66.7 cm³/mol. The molecule has 1 unspecified atom stereocenters. The topological polar surface area (TPSA) is 84.9 Å². The third-order valence-electron chi connectivity index (χ3n) is 3.98. The van der Waals surface area contributed by atoms with E-state index in [1.54, 1.807) is 0 Å². The second-order valence-corrected chi connectivity index (χ2v) is 5.27. The molecule has 0 spiro atoms. The van der Waals surface area contributed by atoms with E-state index in [1.165, 1.54) is 0 Å². The van der Waals surface area contributed by atoms with Crippen molar-refractivity contribution in [3.05, 3.63) is 0 Å². The van der Waals surface area contributed by atoms with Gasteiger partial charge in [0.15, 0.2) is 0 Å². The largest absolute Gasteiger partial charge is 0.481 e. The van der Waals surface area contributed by atoms with Crippen molar-refractivity contribution in [2.75, 3.05) is 26.4 Å². The highest BCUT2D eigenvalue weighted by Crippen LogP contribution is 2.30. The predicted octanol–water partition coefficient (Wildman–Crippen LogP) is 0.553. The molecule has 0 radical (unpaired) electrons. The van der Waals surface area contributed by atoms with Gasteiger partial charge in [-0.15, -0.1) is 0 Å². The van der Waals surface area contributed by atoms with Gasteiger partial charge in [-0.1, -0.05) is 0 Å². The average Bonchev–Trinajstić information content (AvgIpc) is 2.46. The second kappa shape index (κ2) is 6.34. The van der Waals surface area contributed by atoms with Gasteiger partial charge in [-0.3, -0.25) is 9.59 Å². The van der Waals surface area contributed by atoms with Crippen LogP contribution in [0.3, 0.4) is 0 Å². The summed E-state index contributed by atoms with van der Waals surface area (Å²) in [5, 5.41) is 12.1. The van der Waals surface area contributed by atoms with Gasteiger partial charge in [0.2, 0.25) is 5.91 Å². The first-order chi connectivity index (χ1) is 9.14. The average molecular weight is 271 g/mol. The van der Waals surface area contributed by atoms with Gasteiger partial charge in [0.1, 0.15) is 6.10 Å². The van der Waals surface area contributed by atoms with E-state index >= 15 is 0 Å². The molecule has 2 rings (SSSR count). The summed E-state index contributed by atoms with van der Waals surface area (Å²) in [6.07, 6.45) is 3.15. The van der Waals surface area contributed by atoms with Crippen molar-refractivity contribution in [2.45, 2.75) is 38.2 Å². The van der Waals surface area contributed by atoms with Gasteiger partial charge >= 0.3 is 5.97 Å². The molecule has 0 aromatic rings. The van der Waals surface area contributed by atoms with Crippen LogP contribution in [-0.2, 0) is 19.1 Å². The van der Waals surface area contributed by atoms with Crippen molar-refractivity contribution in [3.63, 3.8) is 0 Å². The molecule has 2 aliphatic rings. The minimum Gasteiger partial charge on any atom is -0.481 e. The number of ether oxygens (including phenoxy) is 2. The first-order valence-electron chi connectivity index (χ1n) is 6.84. The Labute approximate surface area is 112 Å². The van der Waals surface area contributed by atoms with Crippen LogP contribution in [0, 0.1) is 5.41 Å². The molecule has 2 aliphatic heterocycles. The molecule has 1 amide bonds. The zero-order valence-electron chi connectivity index (χ0n) is 11.0. The summed E-state index contributed by atoms with van der Waals surface area (Å²) < 4.78 is 10.6. The van der Waals surface area contributed by atoms with Crippen molar-refractivity contribution in [3.8, 4) is 0 Å². The molecule has 0 aromatic heterocycles. The number of aliphatic carboxylic acids is 1. The Hall–Kier alpha value is -1.14. The number of carboxylic acid groups (broad SMARTS) is 1.